The van der Waals surface area contributed by atoms with Crippen molar-refractivity contribution in [2.75, 3.05) is 0 Å². The zero-order chi connectivity index (χ0) is 29.0. The number of aliphatic hydroxyl groups is 1. The molecule has 1 aromatic rings. The third-order valence-corrected chi connectivity index (χ3v) is 5.40. The molecule has 0 radical (unpaired) electrons. The van der Waals surface area contributed by atoms with Gasteiger partial charge in [-0.3, -0.25) is 24.0 Å². The largest absolute Gasteiger partial charge is 0.508 e. The molecule has 38 heavy (non-hydrogen) atoms. The molecule has 15 nitrogen and oxygen atoms in total. The lowest BCUT2D eigenvalue weighted by atomic mass is 10.0. The lowest BCUT2D eigenvalue weighted by Crippen LogP contribution is -2.58. The van der Waals surface area contributed by atoms with Gasteiger partial charge >= 0.3 is 5.97 Å². The Morgan fingerprint density at radius 3 is 1.68 bits per heavy atom. The van der Waals surface area contributed by atoms with Gasteiger partial charge in [0.25, 0.3) is 0 Å². The smallest absolute Gasteiger partial charge is 0.328 e. The number of hydrogen-bond donors (Lipinski definition) is 9. The Kier molecular flexibility index (Phi) is 12.6. The lowest BCUT2D eigenvalue weighted by Gasteiger charge is -2.25. The number of phenols is 1. The number of benzene rings is 1. The summed E-state index contributed by atoms with van der Waals surface area (Å²) in [5.41, 5.74) is 16.9. The second-order valence-electron chi connectivity index (χ2n) is 8.67. The molecule has 0 saturated carbocycles. The number of carboxylic acid groups (broad SMARTS) is 1. The van der Waals surface area contributed by atoms with Gasteiger partial charge < -0.3 is 48.5 Å². The van der Waals surface area contributed by atoms with Crippen molar-refractivity contribution < 1.29 is 44.1 Å². The molecule has 5 amide bonds. The number of primary amides is 2. The van der Waals surface area contributed by atoms with E-state index in [1.807, 2.05) is 0 Å². The monoisotopic (exact) mass is 538 g/mol. The van der Waals surface area contributed by atoms with Gasteiger partial charge in [-0.15, -0.1) is 0 Å². The Bertz CT molecular complexity index is 1020. The molecular weight excluding hydrogens is 504 g/mol. The van der Waals surface area contributed by atoms with E-state index in [0.29, 0.717) is 5.56 Å². The summed E-state index contributed by atoms with van der Waals surface area (Å²) >= 11 is 0. The van der Waals surface area contributed by atoms with Gasteiger partial charge in [0.05, 0.1) is 12.1 Å². The minimum Gasteiger partial charge on any atom is -0.508 e. The van der Waals surface area contributed by atoms with Gasteiger partial charge in [0.15, 0.2) is 6.04 Å². The van der Waals surface area contributed by atoms with Crippen molar-refractivity contribution >= 4 is 35.5 Å². The zero-order valence-electron chi connectivity index (χ0n) is 20.8. The maximum atomic E-state index is 13.0. The fourth-order valence-corrected chi connectivity index (χ4v) is 3.28. The van der Waals surface area contributed by atoms with Crippen LogP contribution in [0, 0.1) is 0 Å². The van der Waals surface area contributed by atoms with Gasteiger partial charge in [0.1, 0.15) is 17.8 Å². The second-order valence-corrected chi connectivity index (χ2v) is 8.67. The van der Waals surface area contributed by atoms with Crippen LogP contribution in [0.3, 0.4) is 0 Å². The van der Waals surface area contributed by atoms with Gasteiger partial charge in [-0.25, -0.2) is 4.79 Å². The number of hydrogen-bond acceptors (Lipinski definition) is 9. The lowest BCUT2D eigenvalue weighted by molar-refractivity contribution is -0.145. The molecule has 210 valence electrons. The van der Waals surface area contributed by atoms with Crippen LogP contribution in [0.4, 0.5) is 0 Å². The van der Waals surface area contributed by atoms with Crippen LogP contribution in [0.5, 0.6) is 5.75 Å². The summed E-state index contributed by atoms with van der Waals surface area (Å²) in [5.74, 6) is -5.82. The fourth-order valence-electron chi connectivity index (χ4n) is 3.28. The third kappa shape index (κ3) is 11.2. The summed E-state index contributed by atoms with van der Waals surface area (Å²) in [7, 11) is 0. The number of aliphatic hydroxyl groups excluding tert-OH is 1. The van der Waals surface area contributed by atoms with Crippen molar-refractivity contribution in [2.45, 2.75) is 69.3 Å². The Hall–Kier alpha value is -4.24. The summed E-state index contributed by atoms with van der Waals surface area (Å²) in [5, 5.41) is 35.0. The van der Waals surface area contributed by atoms with E-state index >= 15 is 0 Å². The Balaban J connectivity index is 3.03. The average molecular weight is 539 g/mol. The molecule has 15 heteroatoms. The van der Waals surface area contributed by atoms with E-state index < -0.39 is 65.8 Å². The predicted octanol–water partition coefficient (Wildman–Crippen LogP) is -3.29. The number of carbonyl (C=O) groups excluding carboxylic acids is 5. The molecule has 0 aliphatic carbocycles. The fraction of sp³-hybridized carbons (Fsp3) is 0.478. The number of aromatic hydroxyl groups is 1. The van der Waals surface area contributed by atoms with Crippen molar-refractivity contribution in [1.82, 2.24) is 16.0 Å². The molecule has 0 aromatic heterocycles. The van der Waals surface area contributed by atoms with Gasteiger partial charge in [-0.2, -0.15) is 0 Å². The zero-order valence-corrected chi connectivity index (χ0v) is 20.8. The average Bonchev–Trinajstić information content (AvgIpc) is 2.82. The number of aliphatic carboxylic acids is 1. The first-order valence-electron chi connectivity index (χ1n) is 11.6. The molecule has 1 aromatic carbocycles. The van der Waals surface area contributed by atoms with Gasteiger partial charge in [0, 0.05) is 12.8 Å². The van der Waals surface area contributed by atoms with Crippen LogP contribution >= 0.6 is 0 Å². The highest BCUT2D eigenvalue weighted by Gasteiger charge is 2.32. The highest BCUT2D eigenvalue weighted by atomic mass is 16.4. The minimum atomic E-state index is -1.71. The highest BCUT2D eigenvalue weighted by molar-refractivity contribution is 5.94. The second kappa shape index (κ2) is 15.1. The Labute approximate surface area is 218 Å². The number of nitrogens with two attached hydrogens (primary N) is 3. The molecule has 0 aliphatic heterocycles. The maximum absolute atomic E-state index is 13.0. The normalized spacial score (nSPS) is 14.7. The van der Waals surface area contributed by atoms with Gasteiger partial charge in [0.2, 0.25) is 29.5 Å². The maximum Gasteiger partial charge on any atom is 0.328 e. The van der Waals surface area contributed by atoms with E-state index in [9.17, 15) is 44.1 Å². The molecule has 0 heterocycles. The number of carboxylic acids is 1. The molecule has 5 atom stereocenters. The first kappa shape index (κ1) is 31.8. The Morgan fingerprint density at radius 2 is 1.26 bits per heavy atom. The summed E-state index contributed by atoms with van der Waals surface area (Å²) in [6.45, 7) is 1.13. The summed E-state index contributed by atoms with van der Waals surface area (Å²) in [4.78, 5) is 72.3. The van der Waals surface area contributed by atoms with Crippen LogP contribution in [0.25, 0.3) is 0 Å². The molecule has 0 fully saturated rings. The van der Waals surface area contributed by atoms with Crippen molar-refractivity contribution in [3.8, 4) is 5.75 Å². The van der Waals surface area contributed by atoms with Gasteiger partial charge in [-0.05, 0) is 43.9 Å². The number of carbonyl (C=O) groups is 6. The molecular formula is C23H34N6O9. The van der Waals surface area contributed by atoms with Gasteiger partial charge in [-0.1, -0.05) is 12.1 Å². The van der Waals surface area contributed by atoms with E-state index in [2.05, 4.69) is 16.0 Å². The minimum absolute atomic E-state index is 0.0213. The van der Waals surface area contributed by atoms with Crippen LogP contribution in [0.15, 0.2) is 24.3 Å². The summed E-state index contributed by atoms with van der Waals surface area (Å²) in [6, 6.07) is 0.239. The molecule has 5 unspecified atom stereocenters. The van der Waals surface area contributed by atoms with Crippen molar-refractivity contribution in [3.05, 3.63) is 29.8 Å². The number of rotatable bonds is 16. The number of amides is 5. The van der Waals surface area contributed by atoms with Crippen LogP contribution in [-0.4, -0.2) is 81.1 Å². The van der Waals surface area contributed by atoms with E-state index in [4.69, 9.17) is 17.2 Å². The van der Waals surface area contributed by atoms with E-state index in [1.165, 1.54) is 12.1 Å². The van der Waals surface area contributed by atoms with Crippen molar-refractivity contribution in [3.63, 3.8) is 0 Å². The molecule has 0 saturated heterocycles. The van der Waals surface area contributed by atoms with Crippen LogP contribution in [-0.2, 0) is 35.2 Å². The van der Waals surface area contributed by atoms with Crippen molar-refractivity contribution in [1.29, 1.82) is 0 Å². The van der Waals surface area contributed by atoms with E-state index in [-0.39, 0.29) is 37.9 Å². The first-order valence-corrected chi connectivity index (χ1v) is 11.6. The Morgan fingerprint density at radius 1 is 0.816 bits per heavy atom. The van der Waals surface area contributed by atoms with Crippen LogP contribution in [0.2, 0.25) is 0 Å². The highest BCUT2D eigenvalue weighted by Crippen LogP contribution is 2.11. The summed E-state index contributed by atoms with van der Waals surface area (Å²) < 4.78 is 0. The van der Waals surface area contributed by atoms with E-state index in [0.717, 1.165) is 6.92 Å². The van der Waals surface area contributed by atoms with Crippen LogP contribution in [0.1, 0.15) is 38.2 Å². The quantitative estimate of drug-likeness (QED) is 0.101. The van der Waals surface area contributed by atoms with Crippen LogP contribution < -0.4 is 33.2 Å². The molecule has 0 bridgehead atoms. The number of phenolic OH excluding ortho intramolecular Hbond substituents is 1. The molecule has 0 spiro atoms. The number of nitrogens with one attached hydrogen (secondary N) is 3. The topological polar surface area (TPSA) is 277 Å². The first-order chi connectivity index (χ1) is 17.7. The standard InChI is InChI=1S/C23H34N6O9/c1-11(30)19(23(37)38)29-22(36)16(7-9-18(26)33)28-21(35)15(6-8-17(25)32)27-20(34)14(24)10-12-2-4-13(31)5-3-12/h2-5,11,14-16,19,30-31H,6-10,24H2,1H3,(H2,25,32)(H2,26,33)(H,27,34)(H,28,35)(H,29,36)(H,37,38). The third-order valence-electron chi connectivity index (χ3n) is 5.40. The molecule has 12 N–H and O–H groups in total. The SMILES string of the molecule is CC(O)C(NC(=O)C(CCC(N)=O)NC(=O)C(CCC(N)=O)NC(=O)C(N)Cc1ccc(O)cc1)C(=O)O. The van der Waals surface area contributed by atoms with E-state index in [1.54, 1.807) is 12.1 Å². The molecule has 0 aliphatic rings. The predicted molar refractivity (Wildman–Crippen MR) is 132 cm³/mol. The van der Waals surface area contributed by atoms with Crippen molar-refractivity contribution in [2.24, 2.45) is 17.2 Å². The molecule has 1 rings (SSSR count). The summed E-state index contributed by atoms with van der Waals surface area (Å²) in [6.07, 6.45) is -2.69.